The minimum Gasteiger partial charge on any atom is -0.493 e. The minimum atomic E-state index is -3.87. The summed E-state index contributed by atoms with van der Waals surface area (Å²) in [6, 6.07) is 15.1. The molecule has 0 spiro atoms. The maximum Gasteiger partial charge on any atom is 0.265 e. The van der Waals surface area contributed by atoms with Gasteiger partial charge in [0.2, 0.25) is 5.88 Å². The molecule has 1 N–H and O–H groups in total. The number of anilines is 1. The lowest BCUT2D eigenvalue weighted by molar-refractivity contribution is 0.428. The van der Waals surface area contributed by atoms with E-state index in [1.54, 1.807) is 54.6 Å². The highest BCUT2D eigenvalue weighted by molar-refractivity contribution is 7.92. The Morgan fingerprint density at radius 2 is 1.79 bits per heavy atom. The van der Waals surface area contributed by atoms with E-state index in [1.807, 2.05) is 6.92 Å². The van der Waals surface area contributed by atoms with E-state index in [-0.39, 0.29) is 29.6 Å². The summed E-state index contributed by atoms with van der Waals surface area (Å²) < 4.78 is 29.6. The summed E-state index contributed by atoms with van der Waals surface area (Å²) in [7, 11) is -3.87. The number of pyridine rings is 1. The van der Waals surface area contributed by atoms with Crippen LogP contribution in [0.1, 0.15) is 11.1 Å². The molecule has 2 aromatic heterocycles. The monoisotopic (exact) mass is 500 g/mol. The first-order chi connectivity index (χ1) is 15.8. The van der Waals surface area contributed by atoms with Crippen molar-refractivity contribution in [2.24, 2.45) is 0 Å². The van der Waals surface area contributed by atoms with Crippen LogP contribution < -0.4 is 4.31 Å². The lowest BCUT2D eigenvalue weighted by Gasteiger charge is -2.23. The second-order valence-electron chi connectivity index (χ2n) is 7.68. The van der Waals surface area contributed by atoms with Crippen molar-refractivity contribution in [1.29, 1.82) is 0 Å². The normalized spacial score (nSPS) is 13.4. The van der Waals surface area contributed by atoms with Crippen molar-refractivity contribution >= 4 is 39.0 Å². The number of rotatable bonds is 3. The summed E-state index contributed by atoms with van der Waals surface area (Å²) in [6.45, 7) is 1.99. The second-order valence-corrected chi connectivity index (χ2v) is 10.4. The SMILES string of the molecule is Cc1ccc(S(=O)(=O)N2CCc3c(nn(-c4ccc(Cl)c(Cl)c4)c3O)-c3cccnc32)cc1. The summed E-state index contributed by atoms with van der Waals surface area (Å²) in [4.78, 5) is 4.56. The molecule has 1 aliphatic rings. The van der Waals surface area contributed by atoms with Crippen molar-refractivity contribution in [3.63, 3.8) is 0 Å². The first-order valence-electron chi connectivity index (χ1n) is 10.1. The molecule has 5 rings (SSSR count). The average Bonchev–Trinajstić information content (AvgIpc) is 3.02. The van der Waals surface area contributed by atoms with Crippen LogP contribution in [0.15, 0.2) is 65.7 Å². The highest BCUT2D eigenvalue weighted by atomic mass is 35.5. The molecule has 0 amide bonds. The summed E-state index contributed by atoms with van der Waals surface area (Å²) in [5.74, 6) is 0.170. The molecule has 0 radical (unpaired) electrons. The van der Waals surface area contributed by atoms with E-state index in [0.29, 0.717) is 32.6 Å². The smallest absolute Gasteiger partial charge is 0.265 e. The fourth-order valence-corrected chi connectivity index (χ4v) is 5.59. The molecule has 10 heteroatoms. The van der Waals surface area contributed by atoms with Crippen molar-refractivity contribution in [3.8, 4) is 22.8 Å². The van der Waals surface area contributed by atoms with Crippen molar-refractivity contribution in [3.05, 3.63) is 82.0 Å². The first kappa shape index (κ1) is 21.8. The fourth-order valence-electron chi connectivity index (χ4n) is 3.86. The predicted octanol–water partition coefficient (Wildman–Crippen LogP) is 5.01. The molecule has 1 aliphatic heterocycles. The van der Waals surface area contributed by atoms with Gasteiger partial charge in [0.1, 0.15) is 5.69 Å². The topological polar surface area (TPSA) is 88.3 Å². The molecule has 0 aliphatic carbocycles. The maximum absolute atomic E-state index is 13.5. The van der Waals surface area contributed by atoms with Gasteiger partial charge in [0, 0.05) is 23.9 Å². The molecule has 0 unspecified atom stereocenters. The zero-order valence-electron chi connectivity index (χ0n) is 17.4. The number of hydrogen-bond acceptors (Lipinski definition) is 5. The third-order valence-electron chi connectivity index (χ3n) is 5.56. The van der Waals surface area contributed by atoms with Crippen molar-refractivity contribution < 1.29 is 13.5 Å². The number of fused-ring (bicyclic) bond motifs is 3. The van der Waals surface area contributed by atoms with Crippen LogP contribution in [-0.2, 0) is 16.4 Å². The molecule has 3 heterocycles. The molecule has 0 fully saturated rings. The third kappa shape index (κ3) is 3.64. The van der Waals surface area contributed by atoms with Gasteiger partial charge in [-0.05, 0) is 55.8 Å². The number of benzene rings is 2. The van der Waals surface area contributed by atoms with Crippen LogP contribution in [0.25, 0.3) is 16.9 Å². The van der Waals surface area contributed by atoms with E-state index < -0.39 is 10.0 Å². The van der Waals surface area contributed by atoms with Gasteiger partial charge in [-0.3, -0.25) is 0 Å². The van der Waals surface area contributed by atoms with Crippen LogP contribution in [-0.4, -0.2) is 34.8 Å². The molecule has 0 saturated carbocycles. The number of nitrogens with zero attached hydrogens (tertiary/aromatic N) is 4. The Balaban J connectivity index is 1.65. The Morgan fingerprint density at radius 3 is 2.52 bits per heavy atom. The summed E-state index contributed by atoms with van der Waals surface area (Å²) in [6.07, 6.45) is 1.78. The van der Waals surface area contributed by atoms with Gasteiger partial charge in [-0.1, -0.05) is 40.9 Å². The van der Waals surface area contributed by atoms with Gasteiger partial charge in [0.25, 0.3) is 10.0 Å². The summed E-state index contributed by atoms with van der Waals surface area (Å²) in [5, 5.41) is 16.3. The molecule has 7 nitrogen and oxygen atoms in total. The van der Waals surface area contributed by atoms with Gasteiger partial charge in [-0.2, -0.15) is 5.10 Å². The van der Waals surface area contributed by atoms with Crippen LogP contribution in [0.5, 0.6) is 5.88 Å². The Morgan fingerprint density at radius 1 is 1.03 bits per heavy atom. The molecule has 168 valence electrons. The predicted molar refractivity (Wildman–Crippen MR) is 128 cm³/mol. The van der Waals surface area contributed by atoms with Gasteiger partial charge >= 0.3 is 0 Å². The fraction of sp³-hybridized carbons (Fsp3) is 0.130. The molecule has 0 bridgehead atoms. The van der Waals surface area contributed by atoms with E-state index in [0.717, 1.165) is 5.56 Å². The average molecular weight is 501 g/mol. The molecule has 0 saturated heterocycles. The number of aromatic hydroxyl groups is 1. The van der Waals surface area contributed by atoms with Gasteiger partial charge in [-0.15, -0.1) is 0 Å². The van der Waals surface area contributed by atoms with E-state index in [9.17, 15) is 13.5 Å². The Kier molecular flexibility index (Phi) is 5.31. The lowest BCUT2D eigenvalue weighted by Crippen LogP contribution is -2.33. The number of aromatic nitrogens is 3. The van der Waals surface area contributed by atoms with Gasteiger partial charge in [0.15, 0.2) is 5.82 Å². The largest absolute Gasteiger partial charge is 0.493 e. The second kappa shape index (κ2) is 8.06. The molecular formula is C23H18Cl2N4O3S. The quantitative estimate of drug-likeness (QED) is 0.427. The van der Waals surface area contributed by atoms with Crippen molar-refractivity contribution in [1.82, 2.24) is 14.8 Å². The third-order valence-corrected chi connectivity index (χ3v) is 8.10. The van der Waals surface area contributed by atoms with Gasteiger partial charge < -0.3 is 5.11 Å². The number of hydrogen-bond donors (Lipinski definition) is 1. The zero-order valence-corrected chi connectivity index (χ0v) is 19.7. The minimum absolute atomic E-state index is 0.0900. The zero-order chi connectivity index (χ0) is 23.3. The van der Waals surface area contributed by atoms with Gasteiger partial charge in [0.05, 0.1) is 20.6 Å². The summed E-state index contributed by atoms with van der Waals surface area (Å²) in [5.41, 5.74) is 2.99. The van der Waals surface area contributed by atoms with Crippen LogP contribution in [0.4, 0.5) is 5.82 Å². The highest BCUT2D eigenvalue weighted by Crippen LogP contribution is 2.41. The number of sulfonamides is 1. The van der Waals surface area contributed by atoms with Crippen LogP contribution in [0, 0.1) is 6.92 Å². The number of halogens is 2. The van der Waals surface area contributed by atoms with Crippen LogP contribution in [0.2, 0.25) is 10.0 Å². The molecule has 33 heavy (non-hydrogen) atoms. The van der Waals surface area contributed by atoms with Gasteiger partial charge in [-0.25, -0.2) is 22.4 Å². The van der Waals surface area contributed by atoms with E-state index in [1.165, 1.54) is 15.2 Å². The Bertz CT molecular complexity index is 1480. The molecule has 2 aromatic carbocycles. The van der Waals surface area contributed by atoms with Crippen LogP contribution >= 0.6 is 23.2 Å². The van der Waals surface area contributed by atoms with E-state index in [2.05, 4.69) is 10.1 Å². The maximum atomic E-state index is 13.5. The Labute approximate surface area is 200 Å². The number of aryl methyl sites for hydroxylation is 1. The summed E-state index contributed by atoms with van der Waals surface area (Å²) >= 11 is 12.2. The van der Waals surface area contributed by atoms with Crippen molar-refractivity contribution in [2.75, 3.05) is 10.8 Å². The molecule has 4 aromatic rings. The molecule has 0 atom stereocenters. The Hall–Kier alpha value is -3.07. The van der Waals surface area contributed by atoms with E-state index in [4.69, 9.17) is 23.2 Å². The van der Waals surface area contributed by atoms with E-state index >= 15 is 0 Å². The first-order valence-corrected chi connectivity index (χ1v) is 12.3. The lowest BCUT2D eigenvalue weighted by atomic mass is 10.1. The standard InChI is InChI=1S/C23H18Cl2N4O3S/c1-14-4-7-16(8-5-14)33(31,32)28-12-10-18-21(17-3-2-11-26-22(17)28)27-29(23(18)30)15-6-9-19(24)20(25)13-15/h2-9,11,13,30H,10,12H2,1H3. The highest BCUT2D eigenvalue weighted by Gasteiger charge is 2.34. The van der Waals surface area contributed by atoms with Crippen LogP contribution in [0.3, 0.4) is 0 Å². The van der Waals surface area contributed by atoms with Crippen molar-refractivity contribution in [2.45, 2.75) is 18.2 Å². The molecular weight excluding hydrogens is 483 g/mol.